The molecule has 2 unspecified atom stereocenters. The van der Waals surface area contributed by atoms with Crippen molar-refractivity contribution in [3.8, 4) is 0 Å². The van der Waals surface area contributed by atoms with Gasteiger partial charge in [0.05, 0.1) is 0 Å². The van der Waals surface area contributed by atoms with Crippen molar-refractivity contribution >= 4 is 0 Å². The third-order valence-corrected chi connectivity index (χ3v) is 3.94. The van der Waals surface area contributed by atoms with Crippen LogP contribution in [0.2, 0.25) is 0 Å². The van der Waals surface area contributed by atoms with Crippen LogP contribution in [0.25, 0.3) is 0 Å². The second-order valence-corrected chi connectivity index (χ2v) is 5.53. The van der Waals surface area contributed by atoms with Crippen LogP contribution in [0.4, 0.5) is 4.39 Å². The molecule has 1 aliphatic heterocycles. The molecule has 2 rings (SSSR count). The molecular weight excluding hydrogens is 227 g/mol. The standard InChI is InChI=1S/C15H23FN2/c1-11(2)15-10-18(9-8-17-15)12(3)13-4-6-14(16)7-5-13/h4-7,11-12,15,17H,8-10H2,1-3H3. The Morgan fingerprint density at radius 3 is 2.50 bits per heavy atom. The number of nitrogens with one attached hydrogen (secondary N) is 1. The van der Waals surface area contributed by atoms with Crippen molar-refractivity contribution in [3.05, 3.63) is 35.6 Å². The molecule has 2 atom stereocenters. The summed E-state index contributed by atoms with van der Waals surface area (Å²) in [5.41, 5.74) is 1.20. The summed E-state index contributed by atoms with van der Waals surface area (Å²) in [4.78, 5) is 2.48. The number of hydrogen-bond donors (Lipinski definition) is 1. The first kappa shape index (κ1) is 13.5. The lowest BCUT2D eigenvalue weighted by molar-refractivity contribution is 0.135. The summed E-state index contributed by atoms with van der Waals surface area (Å²) in [7, 11) is 0. The minimum atomic E-state index is -0.161. The van der Waals surface area contributed by atoms with Gasteiger partial charge < -0.3 is 5.32 Å². The quantitative estimate of drug-likeness (QED) is 0.887. The summed E-state index contributed by atoms with van der Waals surface area (Å²) < 4.78 is 12.9. The number of hydrogen-bond acceptors (Lipinski definition) is 2. The van der Waals surface area contributed by atoms with E-state index in [1.165, 1.54) is 5.56 Å². The second kappa shape index (κ2) is 5.81. The Balaban J connectivity index is 2.04. The van der Waals surface area contributed by atoms with Crippen LogP contribution in [-0.4, -0.2) is 30.6 Å². The van der Waals surface area contributed by atoms with Crippen LogP contribution in [-0.2, 0) is 0 Å². The van der Waals surface area contributed by atoms with Crippen LogP contribution in [0, 0.1) is 11.7 Å². The molecule has 0 radical (unpaired) electrons. The Hall–Kier alpha value is -0.930. The van der Waals surface area contributed by atoms with Gasteiger partial charge in [0.1, 0.15) is 5.82 Å². The van der Waals surface area contributed by atoms with Gasteiger partial charge >= 0.3 is 0 Å². The van der Waals surface area contributed by atoms with Crippen molar-refractivity contribution in [1.82, 2.24) is 10.2 Å². The first-order valence-electron chi connectivity index (χ1n) is 6.81. The molecule has 0 spiro atoms. The molecule has 0 aromatic heterocycles. The maximum absolute atomic E-state index is 12.9. The van der Waals surface area contributed by atoms with E-state index in [4.69, 9.17) is 0 Å². The molecule has 1 aliphatic rings. The van der Waals surface area contributed by atoms with Gasteiger partial charge in [0, 0.05) is 31.7 Å². The topological polar surface area (TPSA) is 15.3 Å². The molecule has 1 fully saturated rings. The van der Waals surface area contributed by atoms with Crippen LogP contribution in [0.1, 0.15) is 32.4 Å². The number of nitrogens with zero attached hydrogens (tertiary/aromatic N) is 1. The van der Waals surface area contributed by atoms with Gasteiger partial charge in [0.15, 0.2) is 0 Å². The van der Waals surface area contributed by atoms with Gasteiger partial charge in [-0.05, 0) is 30.5 Å². The average Bonchev–Trinajstić information content (AvgIpc) is 2.39. The van der Waals surface area contributed by atoms with E-state index in [2.05, 4.69) is 31.0 Å². The van der Waals surface area contributed by atoms with Crippen molar-refractivity contribution in [2.24, 2.45) is 5.92 Å². The van der Waals surface area contributed by atoms with Gasteiger partial charge in [-0.1, -0.05) is 26.0 Å². The predicted molar refractivity (Wildman–Crippen MR) is 73.0 cm³/mol. The van der Waals surface area contributed by atoms with Crippen LogP contribution in [0.15, 0.2) is 24.3 Å². The smallest absolute Gasteiger partial charge is 0.123 e. The Morgan fingerprint density at radius 2 is 1.89 bits per heavy atom. The number of benzene rings is 1. The molecule has 0 saturated carbocycles. The molecule has 1 heterocycles. The Kier molecular flexibility index (Phi) is 4.36. The maximum atomic E-state index is 12.9. The second-order valence-electron chi connectivity index (χ2n) is 5.53. The zero-order valence-corrected chi connectivity index (χ0v) is 11.5. The van der Waals surface area contributed by atoms with Crippen molar-refractivity contribution < 1.29 is 4.39 Å². The minimum Gasteiger partial charge on any atom is -0.311 e. The lowest BCUT2D eigenvalue weighted by Gasteiger charge is -2.39. The molecule has 0 amide bonds. The molecule has 0 bridgehead atoms. The first-order valence-corrected chi connectivity index (χ1v) is 6.81. The van der Waals surface area contributed by atoms with E-state index >= 15 is 0 Å². The van der Waals surface area contributed by atoms with E-state index in [0.29, 0.717) is 18.0 Å². The van der Waals surface area contributed by atoms with E-state index in [1.54, 1.807) is 12.1 Å². The van der Waals surface area contributed by atoms with Gasteiger partial charge in [-0.3, -0.25) is 4.90 Å². The fourth-order valence-electron chi connectivity index (χ4n) is 2.55. The molecule has 1 aromatic rings. The molecule has 1 aromatic carbocycles. The SMILES string of the molecule is CC(C)C1CN(C(C)c2ccc(F)cc2)CCN1. The summed E-state index contributed by atoms with van der Waals surface area (Å²) in [5.74, 6) is 0.486. The lowest BCUT2D eigenvalue weighted by Crippen LogP contribution is -2.53. The largest absolute Gasteiger partial charge is 0.311 e. The normalized spacial score (nSPS) is 23.3. The minimum absolute atomic E-state index is 0.161. The van der Waals surface area contributed by atoms with E-state index in [9.17, 15) is 4.39 Å². The monoisotopic (exact) mass is 250 g/mol. The van der Waals surface area contributed by atoms with Gasteiger partial charge in [-0.25, -0.2) is 4.39 Å². The summed E-state index contributed by atoms with van der Waals surface area (Å²) >= 11 is 0. The van der Waals surface area contributed by atoms with Crippen molar-refractivity contribution in [3.63, 3.8) is 0 Å². The van der Waals surface area contributed by atoms with Gasteiger partial charge in [0.25, 0.3) is 0 Å². The fourth-order valence-corrected chi connectivity index (χ4v) is 2.55. The Morgan fingerprint density at radius 1 is 1.22 bits per heavy atom. The molecule has 100 valence electrons. The zero-order valence-electron chi connectivity index (χ0n) is 11.5. The molecule has 1 saturated heterocycles. The zero-order chi connectivity index (χ0) is 13.1. The Bertz CT molecular complexity index is 375. The highest BCUT2D eigenvalue weighted by Crippen LogP contribution is 2.22. The summed E-state index contributed by atoms with van der Waals surface area (Å²) in [6, 6.07) is 7.80. The predicted octanol–water partition coefficient (Wildman–Crippen LogP) is 2.82. The van der Waals surface area contributed by atoms with Gasteiger partial charge in [-0.2, -0.15) is 0 Å². The van der Waals surface area contributed by atoms with Crippen LogP contribution < -0.4 is 5.32 Å². The molecule has 1 N–H and O–H groups in total. The third kappa shape index (κ3) is 3.09. The number of piperazine rings is 1. The third-order valence-electron chi connectivity index (χ3n) is 3.94. The summed E-state index contributed by atoms with van der Waals surface area (Å²) in [6.07, 6.45) is 0. The molecule has 18 heavy (non-hydrogen) atoms. The Labute approximate surface area is 109 Å². The van der Waals surface area contributed by atoms with Crippen LogP contribution in [0.5, 0.6) is 0 Å². The molecule has 3 heteroatoms. The maximum Gasteiger partial charge on any atom is 0.123 e. The van der Waals surface area contributed by atoms with E-state index in [1.807, 2.05) is 12.1 Å². The first-order chi connectivity index (χ1) is 8.58. The van der Waals surface area contributed by atoms with E-state index in [-0.39, 0.29) is 5.82 Å². The van der Waals surface area contributed by atoms with E-state index in [0.717, 1.165) is 19.6 Å². The molecule has 2 nitrogen and oxygen atoms in total. The van der Waals surface area contributed by atoms with Gasteiger partial charge in [-0.15, -0.1) is 0 Å². The average molecular weight is 250 g/mol. The van der Waals surface area contributed by atoms with E-state index < -0.39 is 0 Å². The highest BCUT2D eigenvalue weighted by molar-refractivity contribution is 5.19. The van der Waals surface area contributed by atoms with Crippen LogP contribution in [0.3, 0.4) is 0 Å². The van der Waals surface area contributed by atoms with Crippen molar-refractivity contribution in [2.45, 2.75) is 32.9 Å². The molecular formula is C15H23FN2. The summed E-state index contributed by atoms with van der Waals surface area (Å²) in [5, 5.41) is 3.56. The van der Waals surface area contributed by atoms with Crippen LogP contribution >= 0.6 is 0 Å². The highest BCUT2D eigenvalue weighted by Gasteiger charge is 2.25. The number of rotatable bonds is 3. The highest BCUT2D eigenvalue weighted by atomic mass is 19.1. The van der Waals surface area contributed by atoms with Gasteiger partial charge in [0.2, 0.25) is 0 Å². The van der Waals surface area contributed by atoms with Crippen molar-refractivity contribution in [1.29, 1.82) is 0 Å². The summed E-state index contributed by atoms with van der Waals surface area (Å²) in [6.45, 7) is 9.87. The molecule has 0 aliphatic carbocycles. The fraction of sp³-hybridized carbons (Fsp3) is 0.600. The number of halogens is 1. The lowest BCUT2D eigenvalue weighted by atomic mass is 9.99. The van der Waals surface area contributed by atoms with Crippen molar-refractivity contribution in [2.75, 3.05) is 19.6 Å².